The average molecular weight is 400 g/mol. The van der Waals surface area contributed by atoms with Gasteiger partial charge in [-0.25, -0.2) is 9.59 Å². The van der Waals surface area contributed by atoms with Gasteiger partial charge < -0.3 is 25.6 Å². The summed E-state index contributed by atoms with van der Waals surface area (Å²) in [7, 11) is 0. The van der Waals surface area contributed by atoms with E-state index >= 15 is 0 Å². The molecular weight excluding hydrogens is 372 g/mol. The third-order valence-electron chi connectivity index (χ3n) is 5.32. The van der Waals surface area contributed by atoms with Crippen LogP contribution in [-0.4, -0.2) is 58.6 Å². The molecular formula is C21H28N4O4. The number of para-hydroxylation sites is 1. The molecule has 3 rings (SSSR count). The molecule has 0 saturated carbocycles. The molecule has 8 nitrogen and oxygen atoms in total. The van der Waals surface area contributed by atoms with Crippen molar-refractivity contribution in [3.8, 4) is 0 Å². The normalized spacial score (nSPS) is 20.3. The largest absolute Gasteiger partial charge is 0.480 e. The Bertz CT molecular complexity index is 884. The summed E-state index contributed by atoms with van der Waals surface area (Å²) in [6.07, 6.45) is 2.98. The van der Waals surface area contributed by atoms with Crippen molar-refractivity contribution in [2.24, 2.45) is 11.8 Å². The minimum absolute atomic E-state index is 0.141. The standard InChI is InChI=1S/C21H28N4O4/c1-13-7-14(2)12-25(11-13)19(26)10-23-21(29)24-18(20(27)28)8-15-9-22-17-6-4-3-5-16(15)17/h3-6,9,13-14,18,22H,7-8,10-12H2,1-2H3,(H,27,28)(H2,23,24,29)/t13-,14-,18-/m1/s1. The Kier molecular flexibility index (Phi) is 6.41. The zero-order valence-electron chi connectivity index (χ0n) is 16.8. The summed E-state index contributed by atoms with van der Waals surface area (Å²) in [6.45, 7) is 5.44. The molecule has 1 aromatic heterocycles. The van der Waals surface area contributed by atoms with Gasteiger partial charge in [0.15, 0.2) is 0 Å². The minimum atomic E-state index is -1.13. The second-order valence-corrected chi connectivity index (χ2v) is 8.03. The first-order chi connectivity index (χ1) is 13.8. The third kappa shape index (κ3) is 5.28. The molecule has 0 radical (unpaired) electrons. The van der Waals surface area contributed by atoms with E-state index in [-0.39, 0.29) is 18.9 Å². The number of aliphatic carboxylic acids is 1. The van der Waals surface area contributed by atoms with Gasteiger partial charge in [-0.15, -0.1) is 0 Å². The number of benzene rings is 1. The number of urea groups is 1. The number of fused-ring (bicyclic) bond motifs is 1. The third-order valence-corrected chi connectivity index (χ3v) is 5.32. The fourth-order valence-electron chi connectivity index (χ4n) is 4.06. The molecule has 4 N–H and O–H groups in total. The zero-order chi connectivity index (χ0) is 21.0. The molecule has 2 aromatic rings. The smallest absolute Gasteiger partial charge is 0.326 e. The van der Waals surface area contributed by atoms with Crippen molar-refractivity contribution in [2.75, 3.05) is 19.6 Å². The molecule has 29 heavy (non-hydrogen) atoms. The lowest BCUT2D eigenvalue weighted by Gasteiger charge is -2.35. The van der Waals surface area contributed by atoms with Crippen molar-refractivity contribution in [1.29, 1.82) is 0 Å². The maximum Gasteiger partial charge on any atom is 0.326 e. The summed E-state index contributed by atoms with van der Waals surface area (Å²) < 4.78 is 0. The second kappa shape index (κ2) is 8.98. The van der Waals surface area contributed by atoms with E-state index in [0.29, 0.717) is 24.9 Å². The number of carboxylic acid groups (broad SMARTS) is 1. The molecule has 0 aliphatic carbocycles. The van der Waals surface area contributed by atoms with Crippen LogP contribution in [0.3, 0.4) is 0 Å². The van der Waals surface area contributed by atoms with Gasteiger partial charge in [0.25, 0.3) is 0 Å². The molecule has 156 valence electrons. The van der Waals surface area contributed by atoms with E-state index in [4.69, 9.17) is 0 Å². The first-order valence-electron chi connectivity index (χ1n) is 9.93. The van der Waals surface area contributed by atoms with Crippen LogP contribution in [-0.2, 0) is 16.0 Å². The molecule has 1 aromatic carbocycles. The number of nitrogens with zero attached hydrogens (tertiary/aromatic N) is 1. The highest BCUT2D eigenvalue weighted by molar-refractivity contribution is 5.88. The molecule has 2 heterocycles. The molecule has 1 saturated heterocycles. The number of aromatic amines is 1. The van der Waals surface area contributed by atoms with Crippen molar-refractivity contribution < 1.29 is 19.5 Å². The summed E-state index contributed by atoms with van der Waals surface area (Å²) in [5.41, 5.74) is 1.72. The predicted octanol–water partition coefficient (Wildman–Crippen LogP) is 1.97. The molecule has 1 fully saturated rings. The zero-order valence-corrected chi connectivity index (χ0v) is 16.8. The SMILES string of the molecule is C[C@@H]1C[C@@H](C)CN(C(=O)CNC(=O)N[C@H](Cc2c[nH]c3ccccc23)C(=O)O)C1. The molecule has 0 unspecified atom stereocenters. The van der Waals surface area contributed by atoms with Crippen LogP contribution >= 0.6 is 0 Å². The highest BCUT2D eigenvalue weighted by Crippen LogP contribution is 2.21. The average Bonchev–Trinajstić information content (AvgIpc) is 3.07. The first-order valence-corrected chi connectivity index (χ1v) is 9.93. The maximum absolute atomic E-state index is 12.4. The number of likely N-dealkylation sites (tertiary alicyclic amines) is 1. The van der Waals surface area contributed by atoms with E-state index < -0.39 is 18.0 Å². The Morgan fingerprint density at radius 3 is 2.59 bits per heavy atom. The lowest BCUT2D eigenvalue weighted by molar-refractivity contribution is -0.139. The van der Waals surface area contributed by atoms with E-state index in [1.165, 1.54) is 0 Å². The van der Waals surface area contributed by atoms with E-state index in [2.05, 4.69) is 29.5 Å². The quantitative estimate of drug-likeness (QED) is 0.593. The first kappa shape index (κ1) is 20.7. The van der Waals surface area contributed by atoms with Crippen LogP contribution in [0.1, 0.15) is 25.8 Å². The van der Waals surface area contributed by atoms with Gasteiger partial charge in [-0.05, 0) is 29.9 Å². The van der Waals surface area contributed by atoms with Crippen LogP contribution in [0.4, 0.5) is 4.79 Å². The summed E-state index contributed by atoms with van der Waals surface area (Å²) >= 11 is 0. The highest BCUT2D eigenvalue weighted by Gasteiger charge is 2.26. The lowest BCUT2D eigenvalue weighted by Crippen LogP contribution is -2.51. The van der Waals surface area contributed by atoms with Crippen molar-refractivity contribution >= 4 is 28.8 Å². The van der Waals surface area contributed by atoms with E-state index in [0.717, 1.165) is 22.9 Å². The molecule has 3 amide bonds. The van der Waals surface area contributed by atoms with Crippen LogP contribution < -0.4 is 10.6 Å². The number of carboxylic acids is 1. The minimum Gasteiger partial charge on any atom is -0.480 e. The predicted molar refractivity (Wildman–Crippen MR) is 109 cm³/mol. The number of nitrogens with one attached hydrogen (secondary N) is 3. The number of rotatable bonds is 6. The van der Waals surface area contributed by atoms with Crippen LogP contribution in [0.5, 0.6) is 0 Å². The Balaban J connectivity index is 1.54. The van der Waals surface area contributed by atoms with Gasteiger partial charge in [0.05, 0.1) is 6.54 Å². The number of piperidine rings is 1. The van der Waals surface area contributed by atoms with Crippen LogP contribution in [0.15, 0.2) is 30.5 Å². The van der Waals surface area contributed by atoms with Gasteiger partial charge in [0.2, 0.25) is 5.91 Å². The molecule has 8 heteroatoms. The summed E-state index contributed by atoms with van der Waals surface area (Å²) in [4.78, 5) is 41.1. The second-order valence-electron chi connectivity index (χ2n) is 8.03. The number of hydrogen-bond acceptors (Lipinski definition) is 3. The molecule has 1 aliphatic rings. The van der Waals surface area contributed by atoms with Gasteiger partial charge >= 0.3 is 12.0 Å². The summed E-state index contributed by atoms with van der Waals surface area (Å²) in [5, 5.41) is 15.4. The molecule has 1 aliphatic heterocycles. The summed E-state index contributed by atoms with van der Waals surface area (Å²) in [5.74, 6) is -0.411. The number of hydrogen-bond donors (Lipinski definition) is 4. The van der Waals surface area contributed by atoms with Gasteiger partial charge in [0, 0.05) is 36.6 Å². The number of aromatic nitrogens is 1. The Labute approximate surface area is 169 Å². The van der Waals surface area contributed by atoms with Gasteiger partial charge in [-0.2, -0.15) is 0 Å². The number of carbonyl (C=O) groups is 3. The molecule has 0 bridgehead atoms. The van der Waals surface area contributed by atoms with Crippen molar-refractivity contribution in [3.05, 3.63) is 36.0 Å². The van der Waals surface area contributed by atoms with E-state index in [1.807, 2.05) is 24.3 Å². The Morgan fingerprint density at radius 2 is 1.90 bits per heavy atom. The van der Waals surface area contributed by atoms with Gasteiger partial charge in [-0.3, -0.25) is 4.79 Å². The Hall–Kier alpha value is -3.03. The van der Waals surface area contributed by atoms with E-state index in [1.54, 1.807) is 11.1 Å². The number of amides is 3. The van der Waals surface area contributed by atoms with E-state index in [9.17, 15) is 19.5 Å². The molecule has 0 spiro atoms. The van der Waals surface area contributed by atoms with Crippen molar-refractivity contribution in [2.45, 2.75) is 32.7 Å². The van der Waals surface area contributed by atoms with Crippen LogP contribution in [0.25, 0.3) is 10.9 Å². The fraction of sp³-hybridized carbons (Fsp3) is 0.476. The topological polar surface area (TPSA) is 115 Å². The number of H-pyrrole nitrogens is 1. The van der Waals surface area contributed by atoms with Crippen LogP contribution in [0.2, 0.25) is 0 Å². The van der Waals surface area contributed by atoms with Crippen molar-refractivity contribution in [1.82, 2.24) is 20.5 Å². The summed E-state index contributed by atoms with van der Waals surface area (Å²) in [6, 6.07) is 5.82. The fourth-order valence-corrected chi connectivity index (χ4v) is 4.06. The highest BCUT2D eigenvalue weighted by atomic mass is 16.4. The van der Waals surface area contributed by atoms with Crippen LogP contribution in [0, 0.1) is 11.8 Å². The van der Waals surface area contributed by atoms with Gasteiger partial charge in [-0.1, -0.05) is 32.0 Å². The van der Waals surface area contributed by atoms with Crippen molar-refractivity contribution in [3.63, 3.8) is 0 Å². The maximum atomic E-state index is 12.4. The lowest BCUT2D eigenvalue weighted by atomic mass is 9.92. The Morgan fingerprint density at radius 1 is 1.21 bits per heavy atom. The monoisotopic (exact) mass is 400 g/mol. The number of carbonyl (C=O) groups excluding carboxylic acids is 2. The van der Waals surface area contributed by atoms with Gasteiger partial charge in [0.1, 0.15) is 6.04 Å². The molecule has 3 atom stereocenters.